The molecule has 2 N–H and O–H groups in total. The number of amides is 1. The molecule has 1 atom stereocenters. The van der Waals surface area contributed by atoms with Crippen LogP contribution in [0.1, 0.15) is 6.42 Å². The number of rotatable bonds is 3. The number of carbonyl (C=O) groups excluding carboxylic acids is 1. The highest BCUT2D eigenvalue weighted by Crippen LogP contribution is 2.32. The summed E-state index contributed by atoms with van der Waals surface area (Å²) in [5.41, 5.74) is 0.615. The van der Waals surface area contributed by atoms with Crippen molar-refractivity contribution in [1.82, 2.24) is 0 Å². The fourth-order valence-electron chi connectivity index (χ4n) is 1.97. The Kier molecular flexibility index (Phi) is 3.84. The van der Waals surface area contributed by atoms with Crippen LogP contribution in [0.15, 0.2) is 22.7 Å². The van der Waals surface area contributed by atoms with Crippen molar-refractivity contribution in [1.29, 1.82) is 0 Å². The monoisotopic (exact) mass is 348 g/mol. The third-order valence-electron chi connectivity index (χ3n) is 3.00. The van der Waals surface area contributed by atoms with Gasteiger partial charge in [-0.1, -0.05) is 0 Å². The highest BCUT2D eigenvalue weighted by molar-refractivity contribution is 9.10. The lowest BCUT2D eigenvalue weighted by atomic mass is 10.3. The van der Waals surface area contributed by atoms with Gasteiger partial charge in [-0.15, -0.1) is 0 Å². The summed E-state index contributed by atoms with van der Waals surface area (Å²) in [5, 5.41) is 4.24. The first-order chi connectivity index (χ1) is 8.82. The zero-order valence-corrected chi connectivity index (χ0v) is 12.6. The van der Waals surface area contributed by atoms with Crippen molar-refractivity contribution in [2.45, 2.75) is 11.7 Å². The van der Waals surface area contributed by atoms with Gasteiger partial charge in [0.25, 0.3) is 0 Å². The average molecular weight is 349 g/mol. The second-order valence-corrected chi connectivity index (χ2v) is 6.94. The third kappa shape index (κ3) is 2.90. The van der Waals surface area contributed by atoms with Gasteiger partial charge >= 0.3 is 0 Å². The van der Waals surface area contributed by atoms with E-state index in [0.717, 1.165) is 0 Å². The van der Waals surface area contributed by atoms with E-state index in [-0.39, 0.29) is 18.9 Å². The Bertz CT molecular complexity index is 617. The molecule has 1 saturated heterocycles. The van der Waals surface area contributed by atoms with Crippen LogP contribution in [-0.2, 0) is 14.8 Å². The predicted molar refractivity (Wildman–Crippen MR) is 74.6 cm³/mol. The summed E-state index contributed by atoms with van der Waals surface area (Å²) in [4.78, 5) is 13.3. The summed E-state index contributed by atoms with van der Waals surface area (Å²) in [6.07, 6.45) is -0.0809. The minimum atomic E-state index is -3.70. The molecule has 0 radical (unpaired) electrons. The molecule has 1 amide bonds. The highest BCUT2D eigenvalue weighted by atomic mass is 79.9. The molecular weight excluding hydrogens is 336 g/mol. The first kappa shape index (κ1) is 14.3. The van der Waals surface area contributed by atoms with Gasteiger partial charge < -0.3 is 9.64 Å². The molecule has 1 unspecified atom stereocenters. The molecule has 1 aliphatic rings. The first-order valence-corrected chi connectivity index (χ1v) is 7.88. The molecule has 0 saturated carbocycles. The molecule has 1 aliphatic heterocycles. The van der Waals surface area contributed by atoms with E-state index in [0.29, 0.717) is 15.9 Å². The predicted octanol–water partition coefficient (Wildman–Crippen LogP) is 0.852. The van der Waals surface area contributed by atoms with Gasteiger partial charge in [0.15, 0.2) is 0 Å². The van der Waals surface area contributed by atoms with Gasteiger partial charge in [0.2, 0.25) is 15.9 Å². The van der Waals surface area contributed by atoms with Crippen LogP contribution in [0.4, 0.5) is 5.69 Å². The maximum atomic E-state index is 11.9. The van der Waals surface area contributed by atoms with Gasteiger partial charge in [0.05, 0.1) is 11.6 Å². The largest absolute Gasteiger partial charge is 0.496 e. The van der Waals surface area contributed by atoms with Gasteiger partial charge in [-0.25, -0.2) is 13.6 Å². The molecule has 0 aromatic heterocycles. The van der Waals surface area contributed by atoms with Gasteiger partial charge in [-0.3, -0.25) is 4.79 Å². The molecule has 1 aromatic rings. The molecule has 6 nitrogen and oxygen atoms in total. The normalized spacial score (nSPS) is 19.8. The molecule has 0 aliphatic carbocycles. The minimum absolute atomic E-state index is 0.0798. The van der Waals surface area contributed by atoms with Gasteiger partial charge in [0, 0.05) is 18.7 Å². The zero-order chi connectivity index (χ0) is 14.2. The van der Waals surface area contributed by atoms with E-state index in [4.69, 9.17) is 9.88 Å². The molecule has 19 heavy (non-hydrogen) atoms. The Balaban J connectivity index is 2.28. The number of nitrogens with two attached hydrogens (primary N) is 1. The van der Waals surface area contributed by atoms with Crippen molar-refractivity contribution in [2.24, 2.45) is 5.14 Å². The number of anilines is 1. The molecule has 1 fully saturated rings. The standard InChI is InChI=1S/C11H13BrN2O4S/c1-18-10-3-2-7(4-9(10)12)14-6-8(5-11(14)15)19(13,16)17/h2-4,8H,5-6H2,1H3,(H2,13,16,17). The number of methoxy groups -OCH3 is 1. The zero-order valence-electron chi connectivity index (χ0n) is 10.2. The van der Waals surface area contributed by atoms with E-state index in [2.05, 4.69) is 15.9 Å². The van der Waals surface area contributed by atoms with Crippen LogP contribution in [-0.4, -0.2) is 33.2 Å². The molecule has 104 valence electrons. The van der Waals surface area contributed by atoms with Crippen molar-refractivity contribution in [3.63, 3.8) is 0 Å². The lowest BCUT2D eigenvalue weighted by Gasteiger charge is -2.17. The summed E-state index contributed by atoms with van der Waals surface area (Å²) < 4.78 is 28.4. The van der Waals surface area contributed by atoms with Gasteiger partial charge in [0.1, 0.15) is 11.0 Å². The van der Waals surface area contributed by atoms with Gasteiger partial charge in [-0.05, 0) is 34.1 Å². The number of ether oxygens (including phenoxy) is 1. The fourth-order valence-corrected chi connectivity index (χ4v) is 3.23. The highest BCUT2D eigenvalue weighted by Gasteiger charge is 2.37. The number of sulfonamides is 1. The summed E-state index contributed by atoms with van der Waals surface area (Å²) >= 11 is 3.32. The molecule has 1 aromatic carbocycles. The number of benzene rings is 1. The lowest BCUT2D eigenvalue weighted by molar-refractivity contribution is -0.117. The van der Waals surface area contributed by atoms with E-state index in [1.54, 1.807) is 18.2 Å². The van der Waals surface area contributed by atoms with Crippen LogP contribution < -0.4 is 14.8 Å². The van der Waals surface area contributed by atoms with Crippen LogP contribution in [0.3, 0.4) is 0 Å². The van der Waals surface area contributed by atoms with Crippen LogP contribution in [0.2, 0.25) is 0 Å². The number of carbonyl (C=O) groups is 1. The number of halogens is 1. The number of hydrogen-bond donors (Lipinski definition) is 1. The Morgan fingerprint density at radius 3 is 2.63 bits per heavy atom. The Labute approximate surface area is 119 Å². The number of hydrogen-bond acceptors (Lipinski definition) is 4. The summed E-state index contributed by atoms with van der Waals surface area (Å²) in [6.45, 7) is 0.0798. The smallest absolute Gasteiger partial charge is 0.228 e. The van der Waals surface area contributed by atoms with E-state index < -0.39 is 15.3 Å². The van der Waals surface area contributed by atoms with E-state index in [9.17, 15) is 13.2 Å². The first-order valence-electron chi connectivity index (χ1n) is 5.48. The maximum absolute atomic E-state index is 11.9. The molecule has 2 rings (SSSR count). The summed E-state index contributed by atoms with van der Waals surface area (Å²) in [5.74, 6) is 0.384. The quantitative estimate of drug-likeness (QED) is 0.876. The van der Waals surface area contributed by atoms with Crippen LogP contribution >= 0.6 is 15.9 Å². The van der Waals surface area contributed by atoms with Crippen molar-refractivity contribution >= 4 is 37.5 Å². The Morgan fingerprint density at radius 2 is 2.16 bits per heavy atom. The van der Waals surface area contributed by atoms with Crippen LogP contribution in [0.5, 0.6) is 5.75 Å². The fraction of sp³-hybridized carbons (Fsp3) is 0.364. The second kappa shape index (κ2) is 5.10. The summed E-state index contributed by atoms with van der Waals surface area (Å²) in [7, 11) is -2.16. The van der Waals surface area contributed by atoms with E-state index >= 15 is 0 Å². The average Bonchev–Trinajstić information content (AvgIpc) is 2.71. The van der Waals surface area contributed by atoms with Crippen molar-refractivity contribution in [3.05, 3.63) is 22.7 Å². The Hall–Kier alpha value is -1.12. The number of primary sulfonamides is 1. The molecule has 1 heterocycles. The van der Waals surface area contributed by atoms with E-state index in [1.807, 2.05) is 0 Å². The van der Waals surface area contributed by atoms with Crippen molar-refractivity contribution in [2.75, 3.05) is 18.6 Å². The maximum Gasteiger partial charge on any atom is 0.228 e. The lowest BCUT2D eigenvalue weighted by Crippen LogP contribution is -2.32. The SMILES string of the molecule is COc1ccc(N2CC(S(N)(=O)=O)CC2=O)cc1Br. The Morgan fingerprint density at radius 1 is 1.47 bits per heavy atom. The summed E-state index contributed by atoms with van der Waals surface area (Å²) in [6, 6.07) is 5.12. The second-order valence-electron chi connectivity index (χ2n) is 4.24. The molecular formula is C11H13BrN2O4S. The molecule has 0 spiro atoms. The number of nitrogens with zero attached hydrogens (tertiary/aromatic N) is 1. The molecule has 8 heteroatoms. The third-order valence-corrected chi connectivity index (χ3v) is 4.87. The molecule has 0 bridgehead atoms. The van der Waals surface area contributed by atoms with Crippen molar-refractivity contribution < 1.29 is 17.9 Å². The van der Waals surface area contributed by atoms with Crippen molar-refractivity contribution in [3.8, 4) is 5.75 Å². The minimum Gasteiger partial charge on any atom is -0.496 e. The van der Waals surface area contributed by atoms with E-state index in [1.165, 1.54) is 12.0 Å². The van der Waals surface area contributed by atoms with Gasteiger partial charge in [-0.2, -0.15) is 0 Å². The van der Waals surface area contributed by atoms with Crippen LogP contribution in [0, 0.1) is 0 Å². The topological polar surface area (TPSA) is 89.7 Å². The van der Waals surface area contributed by atoms with Crippen LogP contribution in [0.25, 0.3) is 0 Å².